The maximum atomic E-state index is 4.93. The van der Waals surface area contributed by atoms with Gasteiger partial charge >= 0.3 is 0 Å². The molecule has 0 amide bonds. The van der Waals surface area contributed by atoms with E-state index in [1.54, 1.807) is 0 Å². The topological polar surface area (TPSA) is 29.9 Å². The second-order valence-electron chi connectivity index (χ2n) is 5.91. The van der Waals surface area contributed by atoms with Gasteiger partial charge in [-0.05, 0) is 31.6 Å². The van der Waals surface area contributed by atoms with E-state index < -0.39 is 0 Å². The first-order valence-corrected chi connectivity index (χ1v) is 7.66. The second-order valence-corrected chi connectivity index (χ2v) is 5.91. The lowest BCUT2D eigenvalue weighted by molar-refractivity contribution is 0.221. The smallest absolute Gasteiger partial charge is 0.124 e. The molecule has 3 heteroatoms. The van der Waals surface area contributed by atoms with E-state index in [4.69, 9.17) is 5.10 Å². The van der Waals surface area contributed by atoms with Gasteiger partial charge in [0.15, 0.2) is 0 Å². The highest BCUT2D eigenvalue weighted by Crippen LogP contribution is 2.39. The van der Waals surface area contributed by atoms with Crippen molar-refractivity contribution < 1.29 is 0 Å². The van der Waals surface area contributed by atoms with Gasteiger partial charge in [-0.1, -0.05) is 26.7 Å². The van der Waals surface area contributed by atoms with Crippen LogP contribution in [0.4, 0.5) is 5.82 Å². The highest BCUT2D eigenvalue weighted by Gasteiger charge is 2.32. The van der Waals surface area contributed by atoms with Crippen LogP contribution in [0, 0.1) is 5.92 Å². The summed E-state index contributed by atoms with van der Waals surface area (Å²) < 4.78 is 2.31. The van der Waals surface area contributed by atoms with Crippen molar-refractivity contribution in [3.63, 3.8) is 0 Å². The Labute approximate surface area is 110 Å². The third-order valence-corrected chi connectivity index (χ3v) is 4.89. The summed E-state index contributed by atoms with van der Waals surface area (Å²) in [5.74, 6) is 2.70. The molecular formula is C15H25N3. The van der Waals surface area contributed by atoms with Gasteiger partial charge in [-0.3, -0.25) is 0 Å². The standard InChI is InChI=1S/C15H25N3/c1-3-11(4-2)13-9-15-16-10-12-7-5-6-8-14(12)18(15)17-13/h9,11-12,14,16H,3-8,10H2,1-2H3. The molecule has 0 aromatic carbocycles. The summed E-state index contributed by atoms with van der Waals surface area (Å²) in [6, 6.07) is 2.96. The lowest BCUT2D eigenvalue weighted by atomic mass is 9.83. The number of fused-ring (bicyclic) bond motifs is 3. The minimum absolute atomic E-state index is 0.631. The van der Waals surface area contributed by atoms with E-state index in [-0.39, 0.29) is 0 Å². The maximum Gasteiger partial charge on any atom is 0.124 e. The van der Waals surface area contributed by atoms with Crippen LogP contribution < -0.4 is 5.32 Å². The van der Waals surface area contributed by atoms with Gasteiger partial charge in [0.1, 0.15) is 5.82 Å². The summed E-state index contributed by atoms with van der Waals surface area (Å²) in [6.45, 7) is 5.69. The van der Waals surface area contributed by atoms with Crippen LogP contribution in [0.3, 0.4) is 0 Å². The fraction of sp³-hybridized carbons (Fsp3) is 0.800. The number of nitrogens with one attached hydrogen (secondary N) is 1. The van der Waals surface area contributed by atoms with Crippen LogP contribution in [0.1, 0.15) is 70.0 Å². The zero-order valence-corrected chi connectivity index (χ0v) is 11.7. The Hall–Kier alpha value is -0.990. The highest BCUT2D eigenvalue weighted by atomic mass is 15.4. The lowest BCUT2D eigenvalue weighted by Gasteiger charge is -2.36. The molecule has 18 heavy (non-hydrogen) atoms. The van der Waals surface area contributed by atoms with Crippen molar-refractivity contribution in [3.8, 4) is 0 Å². The van der Waals surface area contributed by atoms with Gasteiger partial charge in [-0.2, -0.15) is 5.10 Å². The number of anilines is 1. The Morgan fingerprint density at radius 1 is 1.33 bits per heavy atom. The largest absolute Gasteiger partial charge is 0.370 e. The molecule has 1 aliphatic heterocycles. The zero-order chi connectivity index (χ0) is 12.5. The van der Waals surface area contributed by atoms with Crippen molar-refractivity contribution in [2.24, 2.45) is 5.92 Å². The van der Waals surface area contributed by atoms with Crippen LogP contribution in [-0.2, 0) is 0 Å². The molecule has 2 heterocycles. The van der Waals surface area contributed by atoms with Gasteiger partial charge in [0.05, 0.1) is 11.7 Å². The Kier molecular flexibility index (Phi) is 3.31. The zero-order valence-electron chi connectivity index (χ0n) is 11.7. The molecule has 1 N–H and O–H groups in total. The average Bonchev–Trinajstić information content (AvgIpc) is 2.84. The van der Waals surface area contributed by atoms with Crippen LogP contribution in [0.25, 0.3) is 0 Å². The Morgan fingerprint density at radius 2 is 2.11 bits per heavy atom. The maximum absolute atomic E-state index is 4.93. The first-order chi connectivity index (χ1) is 8.83. The summed E-state index contributed by atoms with van der Waals surface area (Å²) in [7, 11) is 0. The van der Waals surface area contributed by atoms with Crippen molar-refractivity contribution in [2.75, 3.05) is 11.9 Å². The molecule has 1 aliphatic carbocycles. The van der Waals surface area contributed by atoms with Crippen LogP contribution in [-0.4, -0.2) is 16.3 Å². The first kappa shape index (κ1) is 12.1. The van der Waals surface area contributed by atoms with E-state index in [2.05, 4.69) is 29.9 Å². The van der Waals surface area contributed by atoms with E-state index in [0.29, 0.717) is 12.0 Å². The molecule has 0 spiro atoms. The summed E-state index contributed by atoms with van der Waals surface area (Å²) in [5.41, 5.74) is 1.30. The van der Waals surface area contributed by atoms with Crippen LogP contribution in [0.2, 0.25) is 0 Å². The number of aromatic nitrogens is 2. The van der Waals surface area contributed by atoms with Gasteiger partial charge < -0.3 is 5.32 Å². The quantitative estimate of drug-likeness (QED) is 0.876. The summed E-state index contributed by atoms with van der Waals surface area (Å²) in [5, 5.41) is 8.52. The van der Waals surface area contributed by atoms with E-state index in [0.717, 1.165) is 12.5 Å². The van der Waals surface area contributed by atoms with Gasteiger partial charge in [0, 0.05) is 18.5 Å². The van der Waals surface area contributed by atoms with E-state index >= 15 is 0 Å². The fourth-order valence-electron chi connectivity index (χ4n) is 3.69. The first-order valence-electron chi connectivity index (χ1n) is 7.66. The molecule has 1 aromatic rings. The van der Waals surface area contributed by atoms with E-state index in [1.165, 1.54) is 50.0 Å². The molecule has 100 valence electrons. The van der Waals surface area contributed by atoms with Gasteiger partial charge in [0.2, 0.25) is 0 Å². The number of nitrogens with zero attached hydrogens (tertiary/aromatic N) is 2. The monoisotopic (exact) mass is 247 g/mol. The van der Waals surface area contributed by atoms with Crippen molar-refractivity contribution in [1.29, 1.82) is 0 Å². The molecular weight excluding hydrogens is 222 g/mol. The summed E-state index contributed by atoms with van der Waals surface area (Å²) in [4.78, 5) is 0. The SMILES string of the molecule is CCC(CC)c1cc2n(n1)C1CCCCC1CN2. The number of rotatable bonds is 3. The summed E-state index contributed by atoms with van der Waals surface area (Å²) >= 11 is 0. The minimum atomic E-state index is 0.631. The molecule has 1 aromatic heterocycles. The van der Waals surface area contributed by atoms with E-state index in [1.807, 2.05) is 0 Å². The molecule has 1 fully saturated rings. The molecule has 2 aliphatic rings. The predicted octanol–water partition coefficient (Wildman–Crippen LogP) is 3.94. The summed E-state index contributed by atoms with van der Waals surface area (Å²) in [6.07, 6.45) is 7.86. The van der Waals surface area contributed by atoms with Gasteiger partial charge in [-0.15, -0.1) is 0 Å². The normalized spacial score (nSPS) is 26.6. The van der Waals surface area contributed by atoms with Crippen LogP contribution in [0.15, 0.2) is 6.07 Å². The van der Waals surface area contributed by atoms with Crippen molar-refractivity contribution in [2.45, 2.75) is 64.3 Å². The molecule has 2 atom stereocenters. The van der Waals surface area contributed by atoms with Crippen LogP contribution >= 0.6 is 0 Å². The molecule has 2 unspecified atom stereocenters. The number of hydrogen-bond donors (Lipinski definition) is 1. The van der Waals surface area contributed by atoms with Crippen molar-refractivity contribution in [3.05, 3.63) is 11.8 Å². The second kappa shape index (κ2) is 4.94. The minimum Gasteiger partial charge on any atom is -0.370 e. The van der Waals surface area contributed by atoms with Crippen molar-refractivity contribution in [1.82, 2.24) is 9.78 Å². The fourth-order valence-corrected chi connectivity index (χ4v) is 3.69. The third kappa shape index (κ3) is 1.94. The van der Waals surface area contributed by atoms with Gasteiger partial charge in [0.25, 0.3) is 0 Å². The number of hydrogen-bond acceptors (Lipinski definition) is 2. The molecule has 3 nitrogen and oxygen atoms in total. The van der Waals surface area contributed by atoms with Crippen LogP contribution in [0.5, 0.6) is 0 Å². The molecule has 0 bridgehead atoms. The third-order valence-electron chi connectivity index (χ3n) is 4.89. The lowest BCUT2D eigenvalue weighted by Crippen LogP contribution is -2.35. The Morgan fingerprint density at radius 3 is 2.89 bits per heavy atom. The molecule has 1 saturated carbocycles. The van der Waals surface area contributed by atoms with Gasteiger partial charge in [-0.25, -0.2) is 4.68 Å². The highest BCUT2D eigenvalue weighted by molar-refractivity contribution is 5.40. The van der Waals surface area contributed by atoms with Crippen molar-refractivity contribution >= 4 is 5.82 Å². The average molecular weight is 247 g/mol. The molecule has 0 radical (unpaired) electrons. The molecule has 0 saturated heterocycles. The Balaban J connectivity index is 1.89. The predicted molar refractivity (Wildman–Crippen MR) is 75.0 cm³/mol. The Bertz CT molecular complexity index is 406. The molecule has 3 rings (SSSR count). The van der Waals surface area contributed by atoms with E-state index in [9.17, 15) is 0 Å².